The first kappa shape index (κ1) is 16.4. The second kappa shape index (κ2) is 5.66. The average Bonchev–Trinajstić information content (AvgIpc) is 2.37. The number of carbonyl (C=O) groups excluding carboxylic acids is 1. The van der Waals surface area contributed by atoms with Crippen molar-refractivity contribution < 1.29 is 18.3 Å². The molecule has 0 spiro atoms. The summed E-state index contributed by atoms with van der Waals surface area (Å²) in [7, 11) is 0. The van der Waals surface area contributed by atoms with Gasteiger partial charge in [0, 0.05) is 25.7 Å². The number of hydrogen-bond donors (Lipinski definition) is 1. The minimum absolute atomic E-state index is 0.0536. The number of halogens is 2. The van der Waals surface area contributed by atoms with Crippen molar-refractivity contribution in [2.24, 2.45) is 0 Å². The van der Waals surface area contributed by atoms with E-state index >= 15 is 0 Å². The van der Waals surface area contributed by atoms with Gasteiger partial charge in [0.1, 0.15) is 5.60 Å². The van der Waals surface area contributed by atoms with Gasteiger partial charge in [-0.1, -0.05) is 0 Å². The van der Waals surface area contributed by atoms with Gasteiger partial charge in [-0.15, -0.1) is 0 Å². The Hall–Kier alpha value is -1.99. The maximum atomic E-state index is 14.1. The molecule has 6 nitrogen and oxygen atoms in total. The first-order valence-corrected chi connectivity index (χ1v) is 6.99. The molecule has 0 saturated carbocycles. The third-order valence-electron chi connectivity index (χ3n) is 3.33. The smallest absolute Gasteiger partial charge is 0.410 e. The number of rotatable bonds is 1. The quantitative estimate of drug-likeness (QED) is 0.861. The van der Waals surface area contributed by atoms with E-state index in [0.29, 0.717) is 0 Å². The van der Waals surface area contributed by atoms with Gasteiger partial charge in [0.15, 0.2) is 0 Å². The van der Waals surface area contributed by atoms with E-state index in [4.69, 9.17) is 4.74 Å². The van der Waals surface area contributed by atoms with Crippen LogP contribution in [0.2, 0.25) is 0 Å². The zero-order chi connectivity index (χ0) is 16.5. The molecule has 0 radical (unpaired) electrons. The molecule has 1 aliphatic rings. The summed E-state index contributed by atoms with van der Waals surface area (Å²) in [5, 5.41) is 0. The molecule has 0 aliphatic carbocycles. The number of carbonyl (C=O) groups is 1. The minimum atomic E-state index is -3.00. The van der Waals surface area contributed by atoms with E-state index < -0.39 is 35.5 Å². The molecule has 1 N–H and O–H groups in total. The molecule has 1 fully saturated rings. The van der Waals surface area contributed by atoms with Gasteiger partial charge in [0.2, 0.25) is 0 Å². The van der Waals surface area contributed by atoms with Gasteiger partial charge >= 0.3 is 6.09 Å². The topological polar surface area (TPSA) is 75.3 Å². The van der Waals surface area contributed by atoms with E-state index in [1.54, 1.807) is 20.8 Å². The summed E-state index contributed by atoms with van der Waals surface area (Å²) in [5.41, 5.74) is -1.10. The number of likely N-dealkylation sites (tertiary alicyclic amines) is 1. The number of H-pyrrole nitrogens is 1. The first-order valence-electron chi connectivity index (χ1n) is 6.99. The highest BCUT2D eigenvalue weighted by molar-refractivity contribution is 5.68. The van der Waals surface area contributed by atoms with Crippen LogP contribution in [-0.4, -0.2) is 45.6 Å². The highest BCUT2D eigenvalue weighted by Gasteiger charge is 2.47. The Labute approximate surface area is 126 Å². The van der Waals surface area contributed by atoms with Crippen molar-refractivity contribution >= 4 is 6.09 Å². The molecule has 122 valence electrons. The van der Waals surface area contributed by atoms with Crippen LogP contribution in [0, 0.1) is 0 Å². The predicted molar refractivity (Wildman–Crippen MR) is 75.0 cm³/mol. The van der Waals surface area contributed by atoms with Crippen LogP contribution in [0.25, 0.3) is 0 Å². The summed E-state index contributed by atoms with van der Waals surface area (Å²) in [6, 6.07) is 0. The molecule has 22 heavy (non-hydrogen) atoms. The first-order chi connectivity index (χ1) is 10.1. The molecule has 1 aliphatic heterocycles. The van der Waals surface area contributed by atoms with E-state index in [9.17, 15) is 18.4 Å². The molecule has 2 rings (SSSR count). The van der Waals surface area contributed by atoms with E-state index in [-0.39, 0.29) is 18.8 Å². The van der Waals surface area contributed by atoms with Crippen LogP contribution in [0.1, 0.15) is 38.8 Å². The molecule has 1 amide bonds. The van der Waals surface area contributed by atoms with E-state index in [1.165, 1.54) is 11.1 Å². The third-order valence-corrected chi connectivity index (χ3v) is 3.33. The molecule has 8 heteroatoms. The number of alkyl halides is 2. The Bertz CT molecular complexity index is 590. The van der Waals surface area contributed by atoms with Crippen LogP contribution in [0.3, 0.4) is 0 Å². The lowest BCUT2D eigenvalue weighted by Crippen LogP contribution is -2.49. The zero-order valence-electron chi connectivity index (χ0n) is 12.7. The molecule has 1 unspecified atom stereocenters. The van der Waals surface area contributed by atoms with Crippen LogP contribution < -0.4 is 5.56 Å². The highest BCUT2D eigenvalue weighted by Crippen LogP contribution is 2.39. The fraction of sp³-hybridized carbons (Fsp3) is 0.643. The fourth-order valence-corrected chi connectivity index (χ4v) is 2.25. The molecule has 1 aromatic heterocycles. The number of hydrogen-bond acceptors (Lipinski definition) is 4. The van der Waals surface area contributed by atoms with Crippen molar-refractivity contribution in [3.63, 3.8) is 0 Å². The summed E-state index contributed by atoms with van der Waals surface area (Å²) < 4.78 is 33.5. The molecular weight excluding hydrogens is 296 g/mol. The highest BCUT2D eigenvalue weighted by atomic mass is 19.3. The maximum absolute atomic E-state index is 14.1. The average molecular weight is 315 g/mol. The van der Waals surface area contributed by atoms with E-state index in [0.717, 1.165) is 6.20 Å². The zero-order valence-corrected chi connectivity index (χ0v) is 12.7. The fourth-order valence-electron chi connectivity index (χ4n) is 2.25. The molecule has 0 bridgehead atoms. The summed E-state index contributed by atoms with van der Waals surface area (Å²) in [6.45, 7) is 4.85. The number of piperidine rings is 1. The Kier molecular flexibility index (Phi) is 4.21. The maximum Gasteiger partial charge on any atom is 0.410 e. The predicted octanol–water partition coefficient (Wildman–Crippen LogP) is 2.13. The standard InChI is InChI=1S/C14H19F2N3O3/c1-13(2,3)22-12(21)19-5-4-14(15,16)9(8-19)10-6-18-11(20)7-17-10/h6-7,9H,4-5,8H2,1-3H3,(H,18,20). The summed E-state index contributed by atoms with van der Waals surface area (Å²) in [4.78, 5) is 30.4. The van der Waals surface area contributed by atoms with Crippen molar-refractivity contribution in [2.45, 2.75) is 44.6 Å². The van der Waals surface area contributed by atoms with Crippen LogP contribution >= 0.6 is 0 Å². The Morgan fingerprint density at radius 1 is 1.50 bits per heavy atom. The van der Waals surface area contributed by atoms with Crippen molar-refractivity contribution in [1.29, 1.82) is 0 Å². The lowest BCUT2D eigenvalue weighted by molar-refractivity contribution is -0.0782. The van der Waals surface area contributed by atoms with Crippen LogP contribution in [0.15, 0.2) is 17.2 Å². The molecule has 1 aromatic rings. The van der Waals surface area contributed by atoms with Gasteiger partial charge in [-0.3, -0.25) is 9.78 Å². The number of ether oxygens (including phenoxy) is 1. The van der Waals surface area contributed by atoms with E-state index in [2.05, 4.69) is 9.97 Å². The number of amides is 1. The van der Waals surface area contributed by atoms with Gasteiger partial charge in [0.05, 0.1) is 17.8 Å². The number of nitrogens with zero attached hydrogens (tertiary/aromatic N) is 2. The molecule has 1 saturated heterocycles. The SMILES string of the molecule is CC(C)(C)OC(=O)N1CCC(F)(F)C(c2c[nH]c(=O)cn2)C1. The van der Waals surface area contributed by atoms with Crippen molar-refractivity contribution in [3.8, 4) is 0 Å². The van der Waals surface area contributed by atoms with Gasteiger partial charge in [-0.2, -0.15) is 0 Å². The lowest BCUT2D eigenvalue weighted by atomic mass is 9.91. The van der Waals surface area contributed by atoms with Crippen molar-refractivity contribution in [3.05, 3.63) is 28.4 Å². The largest absolute Gasteiger partial charge is 0.444 e. The number of nitrogens with one attached hydrogen (secondary N) is 1. The van der Waals surface area contributed by atoms with E-state index in [1.807, 2.05) is 0 Å². The number of aromatic amines is 1. The van der Waals surface area contributed by atoms with Crippen LogP contribution in [0.4, 0.5) is 13.6 Å². The van der Waals surface area contributed by atoms with Gasteiger partial charge in [-0.05, 0) is 20.8 Å². The molecule has 1 atom stereocenters. The van der Waals surface area contributed by atoms with Gasteiger partial charge in [-0.25, -0.2) is 13.6 Å². The Morgan fingerprint density at radius 3 is 2.73 bits per heavy atom. The Morgan fingerprint density at radius 2 is 2.18 bits per heavy atom. The normalized spacial score (nSPS) is 21.5. The molecule has 2 heterocycles. The molecule has 0 aromatic carbocycles. The Balaban J connectivity index is 2.19. The third kappa shape index (κ3) is 3.80. The summed E-state index contributed by atoms with van der Waals surface area (Å²) in [6.07, 6.45) is 1.02. The lowest BCUT2D eigenvalue weighted by Gasteiger charge is -2.38. The number of aromatic nitrogens is 2. The monoisotopic (exact) mass is 315 g/mol. The van der Waals surface area contributed by atoms with Gasteiger partial charge < -0.3 is 14.6 Å². The van der Waals surface area contributed by atoms with Gasteiger partial charge in [0.25, 0.3) is 11.5 Å². The summed E-state index contributed by atoms with van der Waals surface area (Å²) in [5.74, 6) is -4.27. The summed E-state index contributed by atoms with van der Waals surface area (Å²) >= 11 is 0. The van der Waals surface area contributed by atoms with Crippen LogP contribution in [-0.2, 0) is 4.74 Å². The van der Waals surface area contributed by atoms with Crippen molar-refractivity contribution in [2.75, 3.05) is 13.1 Å². The van der Waals surface area contributed by atoms with Crippen LogP contribution in [0.5, 0.6) is 0 Å². The second-order valence-electron chi connectivity index (χ2n) is 6.33. The molecular formula is C14H19F2N3O3. The second-order valence-corrected chi connectivity index (χ2v) is 6.33. The minimum Gasteiger partial charge on any atom is -0.444 e. The van der Waals surface area contributed by atoms with Crippen molar-refractivity contribution in [1.82, 2.24) is 14.9 Å².